The fraction of sp³-hybridized carbons (Fsp3) is 0.625. The zero-order valence-electron chi connectivity index (χ0n) is 12.1. The highest BCUT2D eigenvalue weighted by molar-refractivity contribution is 5.30. The SMILES string of the molecule is Cc1cc(C)cc(C(C)N2CC(C)CC(N)C2)c1. The monoisotopic (exact) mass is 246 g/mol. The van der Waals surface area contributed by atoms with Gasteiger partial charge in [-0.2, -0.15) is 0 Å². The van der Waals surface area contributed by atoms with Crippen LogP contribution in [0.25, 0.3) is 0 Å². The minimum Gasteiger partial charge on any atom is -0.327 e. The fourth-order valence-corrected chi connectivity index (χ4v) is 3.22. The highest BCUT2D eigenvalue weighted by Crippen LogP contribution is 2.27. The molecule has 0 aromatic heterocycles. The van der Waals surface area contributed by atoms with Crippen molar-refractivity contribution in [3.63, 3.8) is 0 Å². The molecule has 1 fully saturated rings. The zero-order valence-corrected chi connectivity index (χ0v) is 12.1. The molecule has 1 aromatic rings. The first kappa shape index (κ1) is 13.6. The topological polar surface area (TPSA) is 29.3 Å². The summed E-state index contributed by atoms with van der Waals surface area (Å²) in [5.41, 5.74) is 10.3. The standard InChI is InChI=1S/C16H26N2/c1-11-5-12(2)7-15(6-11)14(4)18-9-13(3)8-16(17)10-18/h5-7,13-14,16H,8-10,17H2,1-4H3. The maximum absolute atomic E-state index is 6.15. The highest BCUT2D eigenvalue weighted by atomic mass is 15.2. The van der Waals surface area contributed by atoms with Crippen LogP contribution in [0.3, 0.4) is 0 Å². The molecular formula is C16H26N2. The highest BCUT2D eigenvalue weighted by Gasteiger charge is 2.26. The molecule has 1 aromatic carbocycles. The normalized spacial score (nSPS) is 27.2. The van der Waals surface area contributed by atoms with Gasteiger partial charge in [0.15, 0.2) is 0 Å². The average molecular weight is 246 g/mol. The van der Waals surface area contributed by atoms with Gasteiger partial charge in [-0.05, 0) is 38.7 Å². The third kappa shape index (κ3) is 3.12. The summed E-state index contributed by atoms with van der Waals surface area (Å²) < 4.78 is 0. The molecule has 0 radical (unpaired) electrons. The molecule has 0 spiro atoms. The van der Waals surface area contributed by atoms with Crippen molar-refractivity contribution in [1.82, 2.24) is 4.90 Å². The number of nitrogens with zero attached hydrogens (tertiary/aromatic N) is 1. The molecule has 2 heteroatoms. The van der Waals surface area contributed by atoms with Crippen molar-refractivity contribution < 1.29 is 0 Å². The van der Waals surface area contributed by atoms with Crippen LogP contribution in [0.15, 0.2) is 18.2 Å². The second-order valence-electron chi connectivity index (χ2n) is 6.15. The lowest BCUT2D eigenvalue weighted by Crippen LogP contribution is -2.47. The van der Waals surface area contributed by atoms with Crippen LogP contribution >= 0.6 is 0 Å². The van der Waals surface area contributed by atoms with E-state index < -0.39 is 0 Å². The minimum absolute atomic E-state index is 0.335. The van der Waals surface area contributed by atoms with E-state index in [1.807, 2.05) is 0 Å². The minimum atomic E-state index is 0.335. The first-order chi connectivity index (χ1) is 8.45. The van der Waals surface area contributed by atoms with Crippen LogP contribution < -0.4 is 5.73 Å². The summed E-state index contributed by atoms with van der Waals surface area (Å²) in [6, 6.07) is 7.66. The molecule has 100 valence electrons. The smallest absolute Gasteiger partial charge is 0.0320 e. The van der Waals surface area contributed by atoms with Crippen LogP contribution in [0.5, 0.6) is 0 Å². The Morgan fingerprint density at radius 3 is 2.33 bits per heavy atom. The summed E-state index contributed by atoms with van der Waals surface area (Å²) in [5, 5.41) is 0. The van der Waals surface area contributed by atoms with Crippen LogP contribution in [-0.2, 0) is 0 Å². The molecule has 2 N–H and O–H groups in total. The summed E-state index contributed by atoms with van der Waals surface area (Å²) in [6.07, 6.45) is 1.16. The van der Waals surface area contributed by atoms with Gasteiger partial charge >= 0.3 is 0 Å². The Balaban J connectivity index is 2.17. The summed E-state index contributed by atoms with van der Waals surface area (Å²) in [4.78, 5) is 2.53. The van der Waals surface area contributed by atoms with Gasteiger partial charge in [0.1, 0.15) is 0 Å². The number of nitrogens with two attached hydrogens (primary N) is 1. The Hall–Kier alpha value is -0.860. The van der Waals surface area contributed by atoms with Crippen molar-refractivity contribution in [3.05, 3.63) is 34.9 Å². The van der Waals surface area contributed by atoms with Crippen LogP contribution in [0.1, 0.15) is 43.0 Å². The van der Waals surface area contributed by atoms with Crippen LogP contribution in [0.2, 0.25) is 0 Å². The number of hydrogen-bond donors (Lipinski definition) is 1. The van der Waals surface area contributed by atoms with Gasteiger partial charge in [-0.15, -0.1) is 0 Å². The summed E-state index contributed by atoms with van der Waals surface area (Å²) in [5.74, 6) is 0.710. The van der Waals surface area contributed by atoms with Gasteiger partial charge in [0.2, 0.25) is 0 Å². The third-order valence-corrected chi connectivity index (χ3v) is 3.99. The molecule has 3 unspecified atom stereocenters. The molecule has 1 saturated heterocycles. The van der Waals surface area contributed by atoms with E-state index in [0.717, 1.165) is 13.0 Å². The Morgan fingerprint density at radius 2 is 1.78 bits per heavy atom. The van der Waals surface area contributed by atoms with Crippen molar-refractivity contribution in [3.8, 4) is 0 Å². The van der Waals surface area contributed by atoms with Crippen LogP contribution in [0, 0.1) is 19.8 Å². The van der Waals surface area contributed by atoms with Crippen molar-refractivity contribution >= 4 is 0 Å². The molecule has 0 amide bonds. The molecule has 1 aliphatic rings. The van der Waals surface area contributed by atoms with Gasteiger partial charge in [0.25, 0.3) is 0 Å². The number of rotatable bonds is 2. The number of benzene rings is 1. The molecule has 0 saturated carbocycles. The number of piperidine rings is 1. The molecule has 0 aliphatic carbocycles. The first-order valence-electron chi connectivity index (χ1n) is 7.03. The molecular weight excluding hydrogens is 220 g/mol. The molecule has 1 aliphatic heterocycles. The molecule has 1 heterocycles. The van der Waals surface area contributed by atoms with E-state index >= 15 is 0 Å². The number of aryl methyl sites for hydroxylation is 2. The lowest BCUT2D eigenvalue weighted by molar-refractivity contribution is 0.124. The van der Waals surface area contributed by atoms with E-state index in [2.05, 4.69) is 50.8 Å². The van der Waals surface area contributed by atoms with Crippen LogP contribution in [0.4, 0.5) is 0 Å². The second kappa shape index (κ2) is 5.41. The Morgan fingerprint density at radius 1 is 1.17 bits per heavy atom. The first-order valence-corrected chi connectivity index (χ1v) is 7.03. The Bertz CT molecular complexity index is 383. The van der Waals surface area contributed by atoms with Gasteiger partial charge in [-0.25, -0.2) is 0 Å². The lowest BCUT2D eigenvalue weighted by Gasteiger charge is -2.39. The summed E-state index contributed by atoms with van der Waals surface area (Å²) in [6.45, 7) is 11.2. The second-order valence-corrected chi connectivity index (χ2v) is 6.15. The lowest BCUT2D eigenvalue weighted by atomic mass is 9.93. The van der Waals surface area contributed by atoms with E-state index in [9.17, 15) is 0 Å². The molecule has 2 nitrogen and oxygen atoms in total. The van der Waals surface area contributed by atoms with Gasteiger partial charge in [-0.3, -0.25) is 4.90 Å². The van der Waals surface area contributed by atoms with E-state index in [1.165, 1.54) is 23.2 Å². The van der Waals surface area contributed by atoms with E-state index in [-0.39, 0.29) is 0 Å². The van der Waals surface area contributed by atoms with Gasteiger partial charge < -0.3 is 5.73 Å². The Kier molecular flexibility index (Phi) is 4.08. The van der Waals surface area contributed by atoms with Crippen molar-refractivity contribution in [2.24, 2.45) is 11.7 Å². The third-order valence-electron chi connectivity index (χ3n) is 3.99. The number of hydrogen-bond acceptors (Lipinski definition) is 2. The predicted octanol–water partition coefficient (Wildman–Crippen LogP) is 3.03. The van der Waals surface area contributed by atoms with Gasteiger partial charge in [0.05, 0.1) is 0 Å². The predicted molar refractivity (Wildman–Crippen MR) is 77.7 cm³/mol. The molecule has 18 heavy (non-hydrogen) atoms. The summed E-state index contributed by atoms with van der Waals surface area (Å²) >= 11 is 0. The molecule has 0 bridgehead atoms. The van der Waals surface area contributed by atoms with Crippen molar-refractivity contribution in [1.29, 1.82) is 0 Å². The maximum Gasteiger partial charge on any atom is 0.0320 e. The van der Waals surface area contributed by atoms with Crippen LogP contribution in [-0.4, -0.2) is 24.0 Å². The van der Waals surface area contributed by atoms with Crippen molar-refractivity contribution in [2.45, 2.75) is 46.2 Å². The van der Waals surface area contributed by atoms with Crippen molar-refractivity contribution in [2.75, 3.05) is 13.1 Å². The molecule has 3 atom stereocenters. The number of likely N-dealkylation sites (tertiary alicyclic amines) is 1. The van der Waals surface area contributed by atoms with E-state index in [1.54, 1.807) is 0 Å². The fourth-order valence-electron chi connectivity index (χ4n) is 3.22. The largest absolute Gasteiger partial charge is 0.327 e. The quantitative estimate of drug-likeness (QED) is 0.869. The van der Waals surface area contributed by atoms with Gasteiger partial charge in [-0.1, -0.05) is 36.2 Å². The maximum atomic E-state index is 6.15. The average Bonchev–Trinajstić information content (AvgIpc) is 2.25. The Labute approximate surface area is 111 Å². The van der Waals surface area contributed by atoms with E-state index in [4.69, 9.17) is 5.73 Å². The zero-order chi connectivity index (χ0) is 13.3. The summed E-state index contributed by atoms with van der Waals surface area (Å²) in [7, 11) is 0. The van der Waals surface area contributed by atoms with Gasteiger partial charge in [0, 0.05) is 25.2 Å². The molecule has 2 rings (SSSR count). The van der Waals surface area contributed by atoms with E-state index in [0.29, 0.717) is 18.0 Å².